The van der Waals surface area contributed by atoms with Crippen LogP contribution in [0.5, 0.6) is 0 Å². The van der Waals surface area contributed by atoms with Crippen molar-refractivity contribution in [1.82, 2.24) is 19.7 Å². The second-order valence-corrected chi connectivity index (χ2v) is 5.94. The van der Waals surface area contributed by atoms with E-state index in [0.29, 0.717) is 19.1 Å². The highest BCUT2D eigenvalue weighted by atomic mass is 16.5. The first-order chi connectivity index (χ1) is 13.7. The van der Waals surface area contributed by atoms with Gasteiger partial charge in [-0.2, -0.15) is 5.10 Å². The quantitative estimate of drug-likeness (QED) is 0.585. The zero-order valence-corrected chi connectivity index (χ0v) is 15.8. The molecule has 0 aliphatic heterocycles. The van der Waals surface area contributed by atoms with Crippen molar-refractivity contribution in [2.75, 3.05) is 24.4 Å². The number of nitrogens with one attached hydrogen (secondary N) is 2. The van der Waals surface area contributed by atoms with Gasteiger partial charge in [0.25, 0.3) is 0 Å². The molecule has 2 N–H and O–H groups in total. The molecule has 8 nitrogen and oxygen atoms in total. The first kappa shape index (κ1) is 19.2. The van der Waals surface area contributed by atoms with Crippen LogP contribution in [0.15, 0.2) is 61.1 Å². The van der Waals surface area contributed by atoms with Crippen molar-refractivity contribution in [3.05, 3.63) is 61.1 Å². The third kappa shape index (κ3) is 5.24. The van der Waals surface area contributed by atoms with E-state index in [-0.39, 0.29) is 5.91 Å². The lowest BCUT2D eigenvalue weighted by molar-refractivity contribution is -0.111. The molecule has 3 aromatic rings. The second-order valence-electron chi connectivity index (χ2n) is 5.94. The molecule has 0 fully saturated rings. The molecule has 0 atom stereocenters. The Hall–Kier alpha value is -3.52. The van der Waals surface area contributed by atoms with Gasteiger partial charge in [-0.1, -0.05) is 18.2 Å². The van der Waals surface area contributed by atoms with E-state index in [1.807, 2.05) is 36.5 Å². The highest BCUT2D eigenvalue weighted by molar-refractivity contribution is 5.99. The first-order valence-electron chi connectivity index (χ1n) is 8.83. The number of nitrogens with zero attached hydrogens (tertiary/aromatic N) is 4. The van der Waals surface area contributed by atoms with Gasteiger partial charge < -0.3 is 15.4 Å². The Morgan fingerprint density at radius 2 is 2.04 bits per heavy atom. The molecule has 0 bridgehead atoms. The summed E-state index contributed by atoms with van der Waals surface area (Å²) in [6, 6.07) is 9.32. The average molecular weight is 378 g/mol. The standard InChI is InChI=1S/C20H22N6O2/c1-3-4-19(27)23-16-7-5-15(6-8-16)18-9-10-21-20(25-18)24-17-13-22-26(14-17)11-12-28-2/h3-10,13-14H,11-12H2,1-2H3,(H,23,27)(H,21,24,25). The number of ether oxygens (including phenoxy) is 1. The van der Waals surface area contributed by atoms with Gasteiger partial charge >= 0.3 is 0 Å². The number of hydrogen-bond acceptors (Lipinski definition) is 6. The number of carbonyl (C=O) groups excluding carboxylic acids is 1. The van der Waals surface area contributed by atoms with E-state index in [9.17, 15) is 4.79 Å². The minimum absolute atomic E-state index is 0.158. The predicted molar refractivity (Wildman–Crippen MR) is 108 cm³/mol. The molecule has 3 rings (SSSR count). The summed E-state index contributed by atoms with van der Waals surface area (Å²) >= 11 is 0. The van der Waals surface area contributed by atoms with Crippen LogP contribution in [-0.4, -0.2) is 39.4 Å². The third-order valence-corrected chi connectivity index (χ3v) is 3.84. The number of carbonyl (C=O) groups is 1. The topological polar surface area (TPSA) is 94.0 Å². The van der Waals surface area contributed by atoms with Crippen LogP contribution < -0.4 is 10.6 Å². The number of benzene rings is 1. The minimum atomic E-state index is -0.158. The van der Waals surface area contributed by atoms with Crippen LogP contribution in [0.2, 0.25) is 0 Å². The second kappa shape index (κ2) is 9.43. The molecule has 0 unspecified atom stereocenters. The summed E-state index contributed by atoms with van der Waals surface area (Å²) in [4.78, 5) is 20.4. The van der Waals surface area contributed by atoms with Crippen molar-refractivity contribution in [2.24, 2.45) is 0 Å². The molecule has 0 radical (unpaired) electrons. The Morgan fingerprint density at radius 1 is 1.21 bits per heavy atom. The monoisotopic (exact) mass is 378 g/mol. The third-order valence-electron chi connectivity index (χ3n) is 3.84. The van der Waals surface area contributed by atoms with Crippen molar-refractivity contribution in [3.8, 4) is 11.3 Å². The number of aromatic nitrogens is 4. The summed E-state index contributed by atoms with van der Waals surface area (Å²) in [6.07, 6.45) is 8.46. The number of allylic oxidation sites excluding steroid dienone is 1. The zero-order chi connectivity index (χ0) is 19.8. The van der Waals surface area contributed by atoms with Gasteiger partial charge in [0.2, 0.25) is 11.9 Å². The molecule has 144 valence electrons. The molecular formula is C20H22N6O2. The summed E-state index contributed by atoms with van der Waals surface area (Å²) in [6.45, 7) is 3.07. The van der Waals surface area contributed by atoms with Crippen LogP contribution in [-0.2, 0) is 16.1 Å². The molecule has 2 heterocycles. The maximum atomic E-state index is 11.6. The fourth-order valence-corrected chi connectivity index (χ4v) is 2.50. The highest BCUT2D eigenvalue weighted by Crippen LogP contribution is 2.21. The van der Waals surface area contributed by atoms with Crippen molar-refractivity contribution in [3.63, 3.8) is 0 Å². The van der Waals surface area contributed by atoms with Crippen LogP contribution in [0.1, 0.15) is 6.92 Å². The maximum absolute atomic E-state index is 11.6. The summed E-state index contributed by atoms with van der Waals surface area (Å²) in [5.41, 5.74) is 3.22. The number of rotatable bonds is 8. The predicted octanol–water partition coefficient (Wildman–Crippen LogP) is 3.24. The SMILES string of the molecule is CC=CC(=O)Nc1ccc(-c2ccnc(Nc3cnn(CCOC)c3)n2)cc1. The van der Waals surface area contributed by atoms with Gasteiger partial charge in [-0.3, -0.25) is 9.48 Å². The first-order valence-corrected chi connectivity index (χ1v) is 8.83. The van der Waals surface area contributed by atoms with Crippen LogP contribution >= 0.6 is 0 Å². The van der Waals surface area contributed by atoms with E-state index >= 15 is 0 Å². The van der Waals surface area contributed by atoms with Crippen molar-refractivity contribution >= 4 is 23.2 Å². The lowest BCUT2D eigenvalue weighted by Gasteiger charge is -2.06. The van der Waals surface area contributed by atoms with Crippen LogP contribution in [0.3, 0.4) is 0 Å². The highest BCUT2D eigenvalue weighted by Gasteiger charge is 2.05. The molecule has 2 aromatic heterocycles. The fraction of sp³-hybridized carbons (Fsp3) is 0.200. The number of amides is 1. The molecule has 0 aliphatic rings. The van der Waals surface area contributed by atoms with Gasteiger partial charge in [-0.25, -0.2) is 9.97 Å². The number of hydrogen-bond donors (Lipinski definition) is 2. The van der Waals surface area contributed by atoms with Gasteiger partial charge in [0.15, 0.2) is 0 Å². The maximum Gasteiger partial charge on any atom is 0.248 e. The zero-order valence-electron chi connectivity index (χ0n) is 15.8. The van der Waals surface area contributed by atoms with E-state index < -0.39 is 0 Å². The van der Waals surface area contributed by atoms with E-state index in [2.05, 4.69) is 25.7 Å². The molecule has 0 saturated carbocycles. The molecule has 0 aliphatic carbocycles. The van der Waals surface area contributed by atoms with Gasteiger partial charge in [-0.15, -0.1) is 0 Å². The van der Waals surface area contributed by atoms with Gasteiger partial charge in [0, 0.05) is 30.8 Å². The van der Waals surface area contributed by atoms with Crippen LogP contribution in [0.25, 0.3) is 11.3 Å². The molecular weight excluding hydrogens is 356 g/mol. The molecule has 1 aromatic carbocycles. The van der Waals surface area contributed by atoms with Gasteiger partial charge in [-0.05, 0) is 31.2 Å². The largest absolute Gasteiger partial charge is 0.383 e. The Kier molecular flexibility index (Phi) is 6.48. The number of anilines is 3. The minimum Gasteiger partial charge on any atom is -0.383 e. The summed E-state index contributed by atoms with van der Waals surface area (Å²) in [5, 5.41) is 10.2. The van der Waals surface area contributed by atoms with Crippen molar-refractivity contribution in [1.29, 1.82) is 0 Å². The normalized spacial score (nSPS) is 10.9. The molecule has 28 heavy (non-hydrogen) atoms. The molecule has 1 amide bonds. The Labute approximate surface area is 163 Å². The van der Waals surface area contributed by atoms with E-state index in [0.717, 1.165) is 22.6 Å². The van der Waals surface area contributed by atoms with Crippen molar-refractivity contribution in [2.45, 2.75) is 13.5 Å². The van der Waals surface area contributed by atoms with E-state index in [1.165, 1.54) is 6.08 Å². The van der Waals surface area contributed by atoms with Crippen LogP contribution in [0, 0.1) is 0 Å². The van der Waals surface area contributed by atoms with Gasteiger partial charge in [0.05, 0.1) is 30.7 Å². The van der Waals surface area contributed by atoms with E-state index in [1.54, 1.807) is 37.2 Å². The smallest absolute Gasteiger partial charge is 0.248 e. The molecule has 0 saturated heterocycles. The Bertz CT molecular complexity index is 949. The fourth-order valence-electron chi connectivity index (χ4n) is 2.50. The summed E-state index contributed by atoms with van der Waals surface area (Å²) in [5.74, 6) is 0.323. The summed E-state index contributed by atoms with van der Waals surface area (Å²) < 4.78 is 6.84. The van der Waals surface area contributed by atoms with Gasteiger partial charge in [0.1, 0.15) is 0 Å². The van der Waals surface area contributed by atoms with E-state index in [4.69, 9.17) is 4.74 Å². The number of methoxy groups -OCH3 is 1. The van der Waals surface area contributed by atoms with Crippen LogP contribution in [0.4, 0.5) is 17.3 Å². The average Bonchev–Trinajstić information content (AvgIpc) is 3.14. The molecule has 8 heteroatoms. The summed E-state index contributed by atoms with van der Waals surface area (Å²) in [7, 11) is 1.66. The van der Waals surface area contributed by atoms with Crippen molar-refractivity contribution < 1.29 is 9.53 Å². The lowest BCUT2D eigenvalue weighted by atomic mass is 10.1. The lowest BCUT2D eigenvalue weighted by Crippen LogP contribution is -2.07. The molecule has 0 spiro atoms. The Morgan fingerprint density at radius 3 is 2.79 bits per heavy atom. The Balaban J connectivity index is 1.69.